The number of rotatable bonds is 3. The van der Waals surface area contributed by atoms with Crippen molar-refractivity contribution in [3.63, 3.8) is 0 Å². The molecule has 4 rings (SSSR count). The lowest BCUT2D eigenvalue weighted by Gasteiger charge is -2.24. The summed E-state index contributed by atoms with van der Waals surface area (Å²) in [6.07, 6.45) is 10.9. The summed E-state index contributed by atoms with van der Waals surface area (Å²) in [5.74, 6) is 1.61. The molecule has 1 spiro atoms. The SMILES string of the molecule is Cc1cnn([C@H](C)C2CC2)c1NC(=O)N1CCC2(CCCC2)C1. The van der Waals surface area contributed by atoms with Gasteiger partial charge in [0.05, 0.1) is 12.2 Å². The average molecular weight is 316 g/mol. The third kappa shape index (κ3) is 2.74. The van der Waals surface area contributed by atoms with Gasteiger partial charge in [0.15, 0.2) is 0 Å². The maximum atomic E-state index is 12.7. The zero-order valence-electron chi connectivity index (χ0n) is 14.3. The van der Waals surface area contributed by atoms with E-state index in [1.54, 1.807) is 0 Å². The van der Waals surface area contributed by atoms with E-state index in [4.69, 9.17) is 0 Å². The Morgan fingerprint density at radius 2 is 2.09 bits per heavy atom. The third-order valence-electron chi connectivity index (χ3n) is 6.28. The largest absolute Gasteiger partial charge is 0.324 e. The molecule has 1 aromatic rings. The molecule has 2 amide bonds. The number of carbonyl (C=O) groups is 1. The van der Waals surface area contributed by atoms with E-state index >= 15 is 0 Å². The second kappa shape index (κ2) is 5.53. The molecule has 1 N–H and O–H groups in total. The van der Waals surface area contributed by atoms with Gasteiger partial charge >= 0.3 is 6.03 Å². The number of likely N-dealkylation sites (tertiary alicyclic amines) is 1. The molecule has 0 bridgehead atoms. The van der Waals surface area contributed by atoms with Gasteiger partial charge in [0, 0.05) is 18.7 Å². The van der Waals surface area contributed by atoms with Gasteiger partial charge in [-0.15, -0.1) is 0 Å². The van der Waals surface area contributed by atoms with Crippen LogP contribution in [0.4, 0.5) is 10.6 Å². The minimum atomic E-state index is 0.0571. The van der Waals surface area contributed by atoms with Gasteiger partial charge < -0.3 is 4.90 Å². The van der Waals surface area contributed by atoms with E-state index in [9.17, 15) is 4.79 Å². The maximum absolute atomic E-state index is 12.7. The van der Waals surface area contributed by atoms with Gasteiger partial charge in [0.2, 0.25) is 0 Å². The van der Waals surface area contributed by atoms with Crippen LogP contribution in [0.15, 0.2) is 6.20 Å². The Morgan fingerprint density at radius 1 is 1.35 bits per heavy atom. The first-order chi connectivity index (χ1) is 11.1. The smallest absolute Gasteiger partial charge is 0.323 e. The molecule has 1 aromatic heterocycles. The highest BCUT2D eigenvalue weighted by Crippen LogP contribution is 2.45. The summed E-state index contributed by atoms with van der Waals surface area (Å²) < 4.78 is 2.02. The quantitative estimate of drug-likeness (QED) is 0.917. The topological polar surface area (TPSA) is 50.2 Å². The van der Waals surface area contributed by atoms with Gasteiger partial charge in [-0.1, -0.05) is 12.8 Å². The van der Waals surface area contributed by atoms with Crippen LogP contribution in [0.3, 0.4) is 0 Å². The number of nitrogens with zero attached hydrogens (tertiary/aromatic N) is 3. The number of amides is 2. The molecule has 5 heteroatoms. The van der Waals surface area contributed by atoms with Crippen LogP contribution in [0.25, 0.3) is 0 Å². The van der Waals surface area contributed by atoms with Gasteiger partial charge in [0.25, 0.3) is 0 Å². The summed E-state index contributed by atoms with van der Waals surface area (Å²) in [6.45, 7) is 6.08. The highest BCUT2D eigenvalue weighted by molar-refractivity contribution is 5.89. The maximum Gasteiger partial charge on any atom is 0.323 e. The number of anilines is 1. The van der Waals surface area contributed by atoms with Gasteiger partial charge in [0.1, 0.15) is 5.82 Å². The standard InChI is InChI=1S/C18H28N4O/c1-13-11-19-22(14(2)15-5-6-15)16(13)20-17(23)21-10-9-18(12-21)7-3-4-8-18/h11,14-15H,3-10,12H2,1-2H3,(H,20,23)/t14-/m1/s1. The predicted octanol–water partition coefficient (Wildman–Crippen LogP) is 3.96. The van der Waals surface area contributed by atoms with Crippen molar-refractivity contribution in [3.05, 3.63) is 11.8 Å². The molecular weight excluding hydrogens is 288 g/mol. The van der Waals surface area contributed by atoms with Gasteiger partial charge in [-0.3, -0.25) is 5.32 Å². The molecule has 1 aliphatic heterocycles. The fourth-order valence-electron chi connectivity index (χ4n) is 4.51. The Morgan fingerprint density at radius 3 is 2.78 bits per heavy atom. The summed E-state index contributed by atoms with van der Waals surface area (Å²) in [6, 6.07) is 0.431. The summed E-state index contributed by atoms with van der Waals surface area (Å²) in [4.78, 5) is 14.8. The number of urea groups is 1. The second-order valence-corrected chi connectivity index (χ2v) is 8.01. The van der Waals surface area contributed by atoms with E-state index in [0.717, 1.165) is 30.4 Å². The average Bonchev–Trinajstić information content (AvgIpc) is 2.99. The van der Waals surface area contributed by atoms with Gasteiger partial charge in [-0.2, -0.15) is 5.10 Å². The third-order valence-corrected chi connectivity index (χ3v) is 6.28. The minimum absolute atomic E-state index is 0.0571. The Bertz CT molecular complexity index is 598. The van der Waals surface area contributed by atoms with Crippen LogP contribution in [-0.2, 0) is 0 Å². The predicted molar refractivity (Wildman–Crippen MR) is 90.5 cm³/mol. The fourth-order valence-corrected chi connectivity index (χ4v) is 4.51. The number of hydrogen-bond acceptors (Lipinski definition) is 2. The number of carbonyl (C=O) groups excluding carboxylic acids is 1. The summed E-state index contributed by atoms with van der Waals surface area (Å²) in [5, 5.41) is 7.67. The molecule has 2 saturated carbocycles. The molecular formula is C18H28N4O. The molecule has 1 atom stereocenters. The lowest BCUT2D eigenvalue weighted by Crippen LogP contribution is -2.35. The first kappa shape index (κ1) is 15.0. The van der Waals surface area contributed by atoms with Crippen molar-refractivity contribution in [2.75, 3.05) is 18.4 Å². The highest BCUT2D eigenvalue weighted by Gasteiger charge is 2.42. The summed E-state index contributed by atoms with van der Waals surface area (Å²) in [5.41, 5.74) is 1.48. The normalized spacial score (nSPS) is 24.3. The Labute approximate surface area is 138 Å². The van der Waals surface area contributed by atoms with Gasteiger partial charge in [-0.25, -0.2) is 9.48 Å². The fraction of sp³-hybridized carbons (Fsp3) is 0.778. The van der Waals surface area contributed by atoms with E-state index < -0.39 is 0 Å². The van der Waals surface area contributed by atoms with Crippen molar-refractivity contribution in [2.45, 2.75) is 64.8 Å². The van der Waals surface area contributed by atoms with E-state index in [-0.39, 0.29) is 6.03 Å². The van der Waals surface area contributed by atoms with Crippen molar-refractivity contribution < 1.29 is 4.79 Å². The number of aromatic nitrogens is 2. The molecule has 2 aliphatic carbocycles. The van der Waals surface area contributed by atoms with Crippen LogP contribution >= 0.6 is 0 Å². The van der Waals surface area contributed by atoms with Crippen molar-refractivity contribution in [3.8, 4) is 0 Å². The zero-order chi connectivity index (χ0) is 16.0. The lowest BCUT2D eigenvalue weighted by atomic mass is 9.86. The molecule has 3 fully saturated rings. The first-order valence-electron chi connectivity index (χ1n) is 9.18. The Kier molecular flexibility index (Phi) is 3.62. The summed E-state index contributed by atoms with van der Waals surface area (Å²) in [7, 11) is 0. The number of nitrogens with one attached hydrogen (secondary N) is 1. The van der Waals surface area contributed by atoms with Crippen LogP contribution < -0.4 is 5.32 Å². The zero-order valence-corrected chi connectivity index (χ0v) is 14.3. The molecule has 1 saturated heterocycles. The molecule has 5 nitrogen and oxygen atoms in total. The molecule has 126 valence electrons. The van der Waals surface area contributed by atoms with Crippen molar-refractivity contribution >= 4 is 11.8 Å². The van der Waals surface area contributed by atoms with E-state index in [2.05, 4.69) is 17.3 Å². The molecule has 2 heterocycles. The van der Waals surface area contributed by atoms with Gasteiger partial charge in [-0.05, 0) is 57.3 Å². The molecule has 0 unspecified atom stereocenters. The van der Waals surface area contributed by atoms with E-state index in [0.29, 0.717) is 11.5 Å². The first-order valence-corrected chi connectivity index (χ1v) is 9.18. The van der Waals surface area contributed by atoms with Crippen LogP contribution in [0.1, 0.15) is 63.5 Å². The van der Waals surface area contributed by atoms with Crippen LogP contribution in [0.5, 0.6) is 0 Å². The molecule has 0 aromatic carbocycles. The Balaban J connectivity index is 1.46. The minimum Gasteiger partial charge on any atom is -0.324 e. The number of hydrogen-bond donors (Lipinski definition) is 1. The second-order valence-electron chi connectivity index (χ2n) is 8.01. The molecule has 3 aliphatic rings. The molecule has 0 radical (unpaired) electrons. The van der Waals surface area contributed by atoms with E-state index in [1.165, 1.54) is 44.9 Å². The van der Waals surface area contributed by atoms with Crippen molar-refractivity contribution in [1.29, 1.82) is 0 Å². The highest BCUT2D eigenvalue weighted by atomic mass is 16.2. The Hall–Kier alpha value is -1.52. The van der Waals surface area contributed by atoms with Crippen molar-refractivity contribution in [2.24, 2.45) is 11.3 Å². The van der Waals surface area contributed by atoms with Crippen molar-refractivity contribution in [1.82, 2.24) is 14.7 Å². The van der Waals surface area contributed by atoms with Crippen LogP contribution in [-0.4, -0.2) is 33.8 Å². The van der Waals surface area contributed by atoms with Crippen LogP contribution in [0.2, 0.25) is 0 Å². The monoisotopic (exact) mass is 316 g/mol. The number of aryl methyl sites for hydroxylation is 1. The lowest BCUT2D eigenvalue weighted by molar-refractivity contribution is 0.212. The van der Waals surface area contributed by atoms with Crippen LogP contribution in [0, 0.1) is 18.3 Å². The van der Waals surface area contributed by atoms with E-state index in [1.807, 2.05) is 22.7 Å². The summed E-state index contributed by atoms with van der Waals surface area (Å²) >= 11 is 0. The molecule has 23 heavy (non-hydrogen) atoms.